The molecule has 1 heterocycles. The number of rotatable bonds is 8. The Hall–Kier alpha value is -0.840. The van der Waals surface area contributed by atoms with Crippen molar-refractivity contribution in [1.29, 1.82) is 0 Å². The highest BCUT2D eigenvalue weighted by Crippen LogP contribution is 2.27. The Labute approximate surface area is 135 Å². The maximum Gasteiger partial charge on any atom is 0.161 e. The number of hydrogen-bond acceptors (Lipinski definition) is 4. The summed E-state index contributed by atoms with van der Waals surface area (Å²) in [4.78, 5) is 0. The van der Waals surface area contributed by atoms with Gasteiger partial charge in [-0.05, 0) is 53.0 Å². The van der Waals surface area contributed by atoms with Crippen LogP contribution in [0, 0.1) is 5.92 Å². The van der Waals surface area contributed by atoms with E-state index in [1.165, 1.54) is 0 Å². The SMILES string of the molecule is C=C(/C=C/CC[C@@H](C)O[C@@H]1O[C@@H](C)[C@H](O)C[C@H]1C)OC(C)C. The van der Waals surface area contributed by atoms with Crippen LogP contribution in [0.3, 0.4) is 0 Å². The van der Waals surface area contributed by atoms with Crippen molar-refractivity contribution in [2.75, 3.05) is 0 Å². The van der Waals surface area contributed by atoms with Crippen molar-refractivity contribution >= 4 is 0 Å². The summed E-state index contributed by atoms with van der Waals surface area (Å²) in [6.07, 6.45) is 6.00. The molecule has 4 heteroatoms. The summed E-state index contributed by atoms with van der Waals surface area (Å²) in [5.41, 5.74) is 0. The Morgan fingerprint density at radius 1 is 1.36 bits per heavy atom. The first kappa shape index (κ1) is 19.2. The van der Waals surface area contributed by atoms with E-state index in [0.29, 0.717) is 5.76 Å². The molecule has 0 radical (unpaired) electrons. The first-order valence-electron chi connectivity index (χ1n) is 8.30. The quantitative estimate of drug-likeness (QED) is 0.547. The first-order chi connectivity index (χ1) is 10.3. The van der Waals surface area contributed by atoms with Gasteiger partial charge in [0.25, 0.3) is 0 Å². The smallest absolute Gasteiger partial charge is 0.161 e. The molecule has 1 N–H and O–H groups in total. The van der Waals surface area contributed by atoms with Crippen LogP contribution >= 0.6 is 0 Å². The highest BCUT2D eigenvalue weighted by Gasteiger charge is 2.33. The van der Waals surface area contributed by atoms with E-state index in [0.717, 1.165) is 19.3 Å². The second-order valence-electron chi connectivity index (χ2n) is 6.55. The van der Waals surface area contributed by atoms with E-state index in [4.69, 9.17) is 14.2 Å². The van der Waals surface area contributed by atoms with Crippen LogP contribution in [0.15, 0.2) is 24.5 Å². The third kappa shape index (κ3) is 6.95. The van der Waals surface area contributed by atoms with Crippen molar-refractivity contribution in [3.05, 3.63) is 24.5 Å². The van der Waals surface area contributed by atoms with Crippen LogP contribution in [0.1, 0.15) is 53.9 Å². The third-order valence-corrected chi connectivity index (χ3v) is 3.77. The van der Waals surface area contributed by atoms with Crippen molar-refractivity contribution in [3.63, 3.8) is 0 Å². The number of aliphatic hydroxyl groups is 1. The summed E-state index contributed by atoms with van der Waals surface area (Å²) in [5, 5.41) is 9.78. The summed E-state index contributed by atoms with van der Waals surface area (Å²) in [6.45, 7) is 13.8. The van der Waals surface area contributed by atoms with Crippen LogP contribution in [0.4, 0.5) is 0 Å². The minimum absolute atomic E-state index is 0.110. The third-order valence-electron chi connectivity index (χ3n) is 3.77. The van der Waals surface area contributed by atoms with Crippen LogP contribution in [0.25, 0.3) is 0 Å². The highest BCUT2D eigenvalue weighted by atomic mass is 16.7. The maximum absolute atomic E-state index is 9.78. The second kappa shape index (κ2) is 9.33. The van der Waals surface area contributed by atoms with Gasteiger partial charge in [-0.25, -0.2) is 0 Å². The number of aliphatic hydroxyl groups excluding tert-OH is 1. The lowest BCUT2D eigenvalue weighted by atomic mass is 9.96. The molecule has 0 aromatic carbocycles. The van der Waals surface area contributed by atoms with Gasteiger partial charge < -0.3 is 19.3 Å². The highest BCUT2D eigenvalue weighted by molar-refractivity contribution is 5.07. The molecule has 0 saturated carbocycles. The number of ether oxygens (including phenoxy) is 3. The molecule has 0 aromatic rings. The van der Waals surface area contributed by atoms with Crippen molar-refractivity contribution < 1.29 is 19.3 Å². The molecule has 0 aliphatic carbocycles. The number of allylic oxidation sites excluding steroid dienone is 2. The molecule has 0 spiro atoms. The molecule has 4 nitrogen and oxygen atoms in total. The Bertz CT molecular complexity index is 364. The van der Waals surface area contributed by atoms with E-state index >= 15 is 0 Å². The van der Waals surface area contributed by atoms with E-state index in [-0.39, 0.29) is 36.6 Å². The molecule has 1 aliphatic rings. The fourth-order valence-corrected chi connectivity index (χ4v) is 2.47. The van der Waals surface area contributed by atoms with E-state index in [9.17, 15) is 5.11 Å². The van der Waals surface area contributed by atoms with Crippen LogP contribution < -0.4 is 0 Å². The molecule has 0 unspecified atom stereocenters. The van der Waals surface area contributed by atoms with Crippen LogP contribution in [-0.4, -0.2) is 35.8 Å². The Balaban J connectivity index is 2.27. The molecule has 1 fully saturated rings. The zero-order valence-electron chi connectivity index (χ0n) is 14.6. The average Bonchev–Trinajstić information content (AvgIpc) is 2.40. The van der Waals surface area contributed by atoms with Gasteiger partial charge in [-0.3, -0.25) is 0 Å². The molecule has 1 rings (SSSR count). The summed E-state index contributed by atoms with van der Waals surface area (Å²) >= 11 is 0. The van der Waals surface area contributed by atoms with E-state index in [1.54, 1.807) is 0 Å². The van der Waals surface area contributed by atoms with Gasteiger partial charge in [0.05, 0.1) is 24.4 Å². The molecular weight excluding hydrogens is 280 g/mol. The molecule has 0 aromatic heterocycles. The second-order valence-corrected chi connectivity index (χ2v) is 6.55. The molecule has 0 amide bonds. The van der Waals surface area contributed by atoms with Crippen LogP contribution in [0.2, 0.25) is 0 Å². The fraction of sp³-hybridized carbons (Fsp3) is 0.778. The van der Waals surface area contributed by atoms with Gasteiger partial charge in [0.2, 0.25) is 0 Å². The normalized spacial score (nSPS) is 30.7. The average molecular weight is 312 g/mol. The standard InChI is InChI=1S/C18H32O4/c1-12(2)20-14(4)9-7-8-10-15(5)21-18-13(3)11-17(19)16(6)22-18/h7,9,12-13,15-19H,4,8,10-11H2,1-3,5-6H3/b9-7+/t13-,15-,16+,17-,18-/m1/s1. The van der Waals surface area contributed by atoms with Crippen LogP contribution in [0.5, 0.6) is 0 Å². The van der Waals surface area contributed by atoms with Crippen molar-refractivity contribution in [2.45, 2.75) is 84.6 Å². The molecule has 22 heavy (non-hydrogen) atoms. The topological polar surface area (TPSA) is 47.9 Å². The van der Waals surface area contributed by atoms with Gasteiger partial charge in [-0.15, -0.1) is 0 Å². The number of hydrogen-bond donors (Lipinski definition) is 1. The van der Waals surface area contributed by atoms with Crippen molar-refractivity contribution in [1.82, 2.24) is 0 Å². The zero-order valence-corrected chi connectivity index (χ0v) is 14.6. The predicted molar refractivity (Wildman–Crippen MR) is 88.4 cm³/mol. The fourth-order valence-electron chi connectivity index (χ4n) is 2.47. The summed E-state index contributed by atoms with van der Waals surface area (Å²) in [5.74, 6) is 0.902. The Morgan fingerprint density at radius 3 is 2.68 bits per heavy atom. The Kier molecular flexibility index (Phi) is 8.15. The summed E-state index contributed by atoms with van der Waals surface area (Å²) < 4.78 is 17.2. The van der Waals surface area contributed by atoms with Crippen molar-refractivity contribution in [3.8, 4) is 0 Å². The zero-order chi connectivity index (χ0) is 16.7. The van der Waals surface area contributed by atoms with Gasteiger partial charge >= 0.3 is 0 Å². The van der Waals surface area contributed by atoms with Gasteiger partial charge in [0.1, 0.15) is 5.76 Å². The molecule has 5 atom stereocenters. The van der Waals surface area contributed by atoms with E-state index in [1.807, 2.05) is 26.8 Å². The minimum atomic E-state index is -0.389. The molecule has 0 bridgehead atoms. The molecule has 128 valence electrons. The molecular formula is C18H32O4. The van der Waals surface area contributed by atoms with Gasteiger partial charge in [-0.1, -0.05) is 19.6 Å². The van der Waals surface area contributed by atoms with Crippen molar-refractivity contribution in [2.24, 2.45) is 5.92 Å². The lowest BCUT2D eigenvalue weighted by Crippen LogP contribution is -2.44. The summed E-state index contributed by atoms with van der Waals surface area (Å²) in [6, 6.07) is 0. The summed E-state index contributed by atoms with van der Waals surface area (Å²) in [7, 11) is 0. The lowest BCUT2D eigenvalue weighted by Gasteiger charge is -2.37. The first-order valence-corrected chi connectivity index (χ1v) is 8.30. The monoisotopic (exact) mass is 312 g/mol. The minimum Gasteiger partial charge on any atom is -0.492 e. The van der Waals surface area contributed by atoms with E-state index in [2.05, 4.69) is 26.5 Å². The molecule has 1 saturated heterocycles. The predicted octanol–water partition coefficient (Wildman–Crippen LogP) is 3.80. The lowest BCUT2D eigenvalue weighted by molar-refractivity contribution is -0.255. The van der Waals surface area contributed by atoms with E-state index < -0.39 is 0 Å². The van der Waals surface area contributed by atoms with Gasteiger partial charge in [0.15, 0.2) is 6.29 Å². The van der Waals surface area contributed by atoms with Gasteiger partial charge in [0, 0.05) is 5.92 Å². The van der Waals surface area contributed by atoms with Crippen LogP contribution in [-0.2, 0) is 14.2 Å². The van der Waals surface area contributed by atoms with Gasteiger partial charge in [-0.2, -0.15) is 0 Å². The maximum atomic E-state index is 9.78. The molecule has 1 aliphatic heterocycles. The largest absolute Gasteiger partial charge is 0.492 e. The Morgan fingerprint density at radius 2 is 2.05 bits per heavy atom.